The number of rotatable bonds is 3. The van der Waals surface area contributed by atoms with Gasteiger partial charge in [0, 0.05) is 12.0 Å². The molecule has 94 valence electrons. The van der Waals surface area contributed by atoms with E-state index in [9.17, 15) is 9.50 Å². The monoisotopic (exact) mass is 286 g/mol. The molecule has 2 aromatic rings. The number of aromatic nitrogens is 2. The molecule has 1 aromatic carbocycles. The predicted octanol–water partition coefficient (Wildman–Crippen LogP) is 3.01. The topological polar surface area (TPSA) is 46.0 Å². The second-order valence-corrected chi connectivity index (χ2v) is 4.37. The molecule has 0 spiro atoms. The summed E-state index contributed by atoms with van der Waals surface area (Å²) in [4.78, 5) is 7.80. The molecule has 0 unspecified atom stereocenters. The van der Waals surface area contributed by atoms with Gasteiger partial charge in [0.1, 0.15) is 11.0 Å². The maximum absolute atomic E-state index is 12.8. The highest BCUT2D eigenvalue weighted by Crippen LogP contribution is 2.21. The summed E-state index contributed by atoms with van der Waals surface area (Å²) in [6, 6.07) is 6.00. The van der Waals surface area contributed by atoms with Gasteiger partial charge in [-0.25, -0.2) is 14.4 Å². The molecule has 0 fully saturated rings. The Balaban J connectivity index is 2.36. The third-order valence-electron chi connectivity index (χ3n) is 2.46. The van der Waals surface area contributed by atoms with Gasteiger partial charge in [-0.05, 0) is 29.3 Å². The van der Waals surface area contributed by atoms with E-state index < -0.39 is 0 Å². The lowest BCUT2D eigenvalue weighted by Crippen LogP contribution is -2.03. The van der Waals surface area contributed by atoms with Crippen LogP contribution in [0.3, 0.4) is 0 Å². The maximum atomic E-state index is 12.8. The van der Waals surface area contributed by atoms with Gasteiger partial charge in [-0.1, -0.05) is 23.7 Å². The van der Waals surface area contributed by atoms with Crippen molar-refractivity contribution in [3.63, 3.8) is 0 Å². The van der Waals surface area contributed by atoms with Gasteiger partial charge >= 0.3 is 0 Å². The maximum Gasteiger partial charge on any atom is 0.224 e. The normalized spacial score (nSPS) is 10.7. The molecular weight excluding hydrogens is 278 g/mol. The average Bonchev–Trinajstić information content (AvgIpc) is 2.32. The van der Waals surface area contributed by atoms with Crippen LogP contribution in [0.25, 0.3) is 0 Å². The number of hydrogen-bond acceptors (Lipinski definition) is 3. The van der Waals surface area contributed by atoms with Crippen molar-refractivity contribution in [2.75, 3.05) is 0 Å². The fraction of sp³-hybridized carbons (Fsp3) is 0.167. The Morgan fingerprint density at radius 2 is 1.78 bits per heavy atom. The van der Waals surface area contributed by atoms with Crippen LogP contribution in [0.15, 0.2) is 24.3 Å². The van der Waals surface area contributed by atoms with Crippen LogP contribution in [0.5, 0.6) is 0 Å². The number of nitrogens with zero attached hydrogens (tertiary/aromatic N) is 2. The number of aliphatic hydroxyl groups is 1. The third kappa shape index (κ3) is 2.96. The van der Waals surface area contributed by atoms with Crippen molar-refractivity contribution in [3.8, 4) is 0 Å². The molecule has 1 heterocycles. The molecule has 0 aliphatic rings. The van der Waals surface area contributed by atoms with E-state index in [4.69, 9.17) is 23.2 Å². The lowest BCUT2D eigenvalue weighted by molar-refractivity contribution is 0.279. The largest absolute Gasteiger partial charge is 0.391 e. The minimum absolute atomic E-state index is 0.0225. The lowest BCUT2D eigenvalue weighted by Gasteiger charge is -2.08. The lowest BCUT2D eigenvalue weighted by atomic mass is 10.1. The van der Waals surface area contributed by atoms with Gasteiger partial charge in [-0.2, -0.15) is 0 Å². The Hall–Kier alpha value is -1.23. The molecule has 18 heavy (non-hydrogen) atoms. The molecule has 2 rings (SSSR count). The molecule has 6 heteroatoms. The average molecular weight is 287 g/mol. The summed E-state index contributed by atoms with van der Waals surface area (Å²) in [7, 11) is 0. The molecule has 0 bridgehead atoms. The SMILES string of the molecule is OCc1c(Cl)nc(Cl)nc1Cc1ccc(F)cc1. The van der Waals surface area contributed by atoms with Gasteiger partial charge in [0.25, 0.3) is 0 Å². The second kappa shape index (κ2) is 5.61. The van der Waals surface area contributed by atoms with Crippen molar-refractivity contribution < 1.29 is 9.50 Å². The van der Waals surface area contributed by atoms with Crippen LogP contribution in [0.1, 0.15) is 16.8 Å². The van der Waals surface area contributed by atoms with E-state index in [1.165, 1.54) is 12.1 Å². The van der Waals surface area contributed by atoms with Crippen molar-refractivity contribution in [2.24, 2.45) is 0 Å². The Morgan fingerprint density at radius 1 is 1.11 bits per heavy atom. The fourth-order valence-corrected chi connectivity index (χ4v) is 2.05. The van der Waals surface area contributed by atoms with Gasteiger partial charge in [0.2, 0.25) is 5.28 Å². The van der Waals surface area contributed by atoms with Crippen LogP contribution in [0.4, 0.5) is 4.39 Å². The molecule has 0 aliphatic heterocycles. The smallest absolute Gasteiger partial charge is 0.224 e. The van der Waals surface area contributed by atoms with Gasteiger partial charge in [0.05, 0.1) is 12.3 Å². The van der Waals surface area contributed by atoms with Crippen LogP contribution >= 0.6 is 23.2 Å². The summed E-state index contributed by atoms with van der Waals surface area (Å²) in [5.74, 6) is -0.306. The van der Waals surface area contributed by atoms with E-state index in [1.54, 1.807) is 12.1 Å². The molecule has 0 saturated heterocycles. The minimum atomic E-state index is -0.306. The summed E-state index contributed by atoms with van der Waals surface area (Å²) in [5, 5.41) is 9.40. The molecule has 0 aliphatic carbocycles. The number of halogens is 3. The van der Waals surface area contributed by atoms with Crippen LogP contribution in [0.2, 0.25) is 10.4 Å². The van der Waals surface area contributed by atoms with E-state index >= 15 is 0 Å². The third-order valence-corrected chi connectivity index (χ3v) is 2.94. The van der Waals surface area contributed by atoms with Crippen molar-refractivity contribution in [2.45, 2.75) is 13.0 Å². The first-order valence-corrected chi connectivity index (χ1v) is 5.92. The van der Waals surface area contributed by atoms with Crippen molar-refractivity contribution >= 4 is 23.2 Å². The minimum Gasteiger partial charge on any atom is -0.391 e. The van der Waals surface area contributed by atoms with Gasteiger partial charge in [0.15, 0.2) is 0 Å². The molecule has 1 aromatic heterocycles. The number of benzene rings is 1. The fourth-order valence-electron chi connectivity index (χ4n) is 1.57. The zero-order valence-electron chi connectivity index (χ0n) is 9.20. The van der Waals surface area contributed by atoms with E-state index in [0.29, 0.717) is 17.7 Å². The first-order valence-electron chi connectivity index (χ1n) is 5.16. The summed E-state index contributed by atoms with van der Waals surface area (Å²) < 4.78 is 12.8. The highest BCUT2D eigenvalue weighted by Gasteiger charge is 2.12. The summed E-state index contributed by atoms with van der Waals surface area (Å²) in [6.07, 6.45) is 0.401. The van der Waals surface area contributed by atoms with Gasteiger partial charge in [-0.15, -0.1) is 0 Å². The zero-order valence-corrected chi connectivity index (χ0v) is 10.7. The van der Waals surface area contributed by atoms with Crippen molar-refractivity contribution in [3.05, 3.63) is 57.3 Å². The number of hydrogen-bond donors (Lipinski definition) is 1. The molecule has 0 atom stereocenters. The van der Waals surface area contributed by atoms with Crippen LogP contribution in [0, 0.1) is 5.82 Å². The Labute approximate surface area is 113 Å². The first-order chi connectivity index (χ1) is 8.60. The molecular formula is C12H9Cl2FN2O. The summed E-state index contributed by atoms with van der Waals surface area (Å²) in [5.41, 5.74) is 1.82. The van der Waals surface area contributed by atoms with Crippen LogP contribution in [-0.4, -0.2) is 15.1 Å². The summed E-state index contributed by atoms with van der Waals surface area (Å²) in [6.45, 7) is -0.271. The van der Waals surface area contributed by atoms with Crippen LogP contribution < -0.4 is 0 Å². The highest BCUT2D eigenvalue weighted by molar-refractivity contribution is 6.32. The first kappa shape index (κ1) is 13.2. The molecule has 3 nitrogen and oxygen atoms in total. The summed E-state index contributed by atoms with van der Waals surface area (Å²) >= 11 is 11.6. The van der Waals surface area contributed by atoms with Crippen molar-refractivity contribution in [1.29, 1.82) is 0 Å². The van der Waals surface area contributed by atoms with Gasteiger partial charge in [-0.3, -0.25) is 0 Å². The second-order valence-electron chi connectivity index (χ2n) is 3.67. The zero-order chi connectivity index (χ0) is 13.1. The molecule has 0 radical (unpaired) electrons. The Bertz CT molecular complexity index is 561. The predicted molar refractivity (Wildman–Crippen MR) is 67.2 cm³/mol. The Kier molecular flexibility index (Phi) is 4.11. The van der Waals surface area contributed by atoms with E-state index in [0.717, 1.165) is 5.56 Å². The molecule has 1 N–H and O–H groups in total. The molecule has 0 saturated carbocycles. The van der Waals surface area contributed by atoms with E-state index in [1.807, 2.05) is 0 Å². The quantitative estimate of drug-likeness (QED) is 0.697. The van der Waals surface area contributed by atoms with Crippen molar-refractivity contribution in [1.82, 2.24) is 9.97 Å². The van der Waals surface area contributed by atoms with E-state index in [2.05, 4.69) is 9.97 Å². The standard InChI is InChI=1S/C12H9Cl2FN2O/c13-11-9(6-18)10(16-12(14)17-11)5-7-1-3-8(15)4-2-7/h1-4,18H,5-6H2. The van der Waals surface area contributed by atoms with Gasteiger partial charge < -0.3 is 5.11 Å². The number of aliphatic hydroxyl groups excluding tert-OH is 1. The van der Waals surface area contributed by atoms with Crippen LogP contribution in [-0.2, 0) is 13.0 Å². The Morgan fingerprint density at radius 3 is 2.39 bits per heavy atom. The van der Waals surface area contributed by atoms with E-state index in [-0.39, 0.29) is 22.9 Å². The molecule has 0 amide bonds. The highest BCUT2D eigenvalue weighted by atomic mass is 35.5.